The van der Waals surface area contributed by atoms with Gasteiger partial charge in [-0.25, -0.2) is 4.98 Å². The number of benzene rings is 1. The number of pyridine rings is 2. The van der Waals surface area contributed by atoms with Gasteiger partial charge in [-0.05, 0) is 61.4 Å². The summed E-state index contributed by atoms with van der Waals surface area (Å²) < 4.78 is 16.5. The first-order valence-corrected chi connectivity index (χ1v) is 12.0. The van der Waals surface area contributed by atoms with Gasteiger partial charge in [-0.3, -0.25) is 4.98 Å². The first-order chi connectivity index (χ1) is 16.6. The summed E-state index contributed by atoms with van der Waals surface area (Å²) in [7, 11) is 1.58. The van der Waals surface area contributed by atoms with Crippen molar-refractivity contribution in [3.63, 3.8) is 0 Å². The van der Waals surface area contributed by atoms with Gasteiger partial charge in [-0.15, -0.1) is 0 Å². The molecule has 8 nitrogen and oxygen atoms in total. The number of aliphatic hydroxyl groups is 1. The molecule has 2 atom stereocenters. The van der Waals surface area contributed by atoms with E-state index in [-0.39, 0.29) is 12.0 Å². The Kier molecular flexibility index (Phi) is 6.80. The lowest BCUT2D eigenvalue weighted by molar-refractivity contribution is 0.100. The van der Waals surface area contributed by atoms with Gasteiger partial charge in [-0.2, -0.15) is 0 Å². The van der Waals surface area contributed by atoms with Crippen LogP contribution >= 0.6 is 0 Å². The molecule has 1 aromatic carbocycles. The van der Waals surface area contributed by atoms with Crippen LogP contribution < -0.4 is 25.3 Å². The molecule has 1 saturated carbocycles. The summed E-state index contributed by atoms with van der Waals surface area (Å²) in [4.78, 5) is 8.86. The highest BCUT2D eigenvalue weighted by Gasteiger charge is 2.31. The van der Waals surface area contributed by atoms with E-state index in [4.69, 9.17) is 19.9 Å². The predicted molar refractivity (Wildman–Crippen MR) is 129 cm³/mol. The summed E-state index contributed by atoms with van der Waals surface area (Å²) in [6.45, 7) is 1.99. The van der Waals surface area contributed by atoms with Crippen LogP contribution in [-0.2, 0) is 6.54 Å². The first kappa shape index (κ1) is 22.8. The fourth-order valence-corrected chi connectivity index (χ4v) is 5.01. The Morgan fingerprint density at radius 3 is 2.68 bits per heavy atom. The van der Waals surface area contributed by atoms with Crippen molar-refractivity contribution in [3.05, 3.63) is 53.7 Å². The Bertz CT molecular complexity index is 1130. The number of aromatic nitrogens is 2. The van der Waals surface area contributed by atoms with Crippen molar-refractivity contribution < 1.29 is 19.3 Å². The molecule has 0 bridgehead atoms. The summed E-state index contributed by atoms with van der Waals surface area (Å²) in [5.74, 6) is 2.38. The molecular weight excluding hydrogens is 432 g/mol. The molecule has 1 fully saturated rings. The van der Waals surface area contributed by atoms with Crippen molar-refractivity contribution in [2.24, 2.45) is 11.7 Å². The Morgan fingerprint density at radius 2 is 1.88 bits per heavy atom. The van der Waals surface area contributed by atoms with E-state index >= 15 is 0 Å². The Hall–Kier alpha value is -2.94. The molecule has 0 spiro atoms. The fourth-order valence-electron chi connectivity index (χ4n) is 5.01. The lowest BCUT2D eigenvalue weighted by Crippen LogP contribution is -2.41. The minimum absolute atomic E-state index is 0.246. The molecule has 0 radical (unpaired) electrons. The minimum atomic E-state index is -0.808. The summed E-state index contributed by atoms with van der Waals surface area (Å²) in [5.41, 5.74) is 9.83. The van der Waals surface area contributed by atoms with E-state index in [0.29, 0.717) is 36.2 Å². The molecule has 0 saturated heterocycles. The molecule has 8 heteroatoms. The third kappa shape index (κ3) is 4.80. The molecule has 34 heavy (non-hydrogen) atoms. The van der Waals surface area contributed by atoms with Crippen LogP contribution in [-0.4, -0.2) is 47.5 Å². The van der Waals surface area contributed by atoms with Crippen LogP contribution in [0.2, 0.25) is 0 Å². The quantitative estimate of drug-likeness (QED) is 0.489. The van der Waals surface area contributed by atoms with Crippen LogP contribution in [0.3, 0.4) is 0 Å². The van der Waals surface area contributed by atoms with Crippen LogP contribution in [0.25, 0.3) is 11.0 Å². The first-order valence-electron chi connectivity index (χ1n) is 12.0. The lowest BCUT2D eigenvalue weighted by atomic mass is 9.79. The molecule has 3 aromatic rings. The van der Waals surface area contributed by atoms with Crippen LogP contribution in [0.1, 0.15) is 42.9 Å². The number of hydrogen-bond acceptors (Lipinski definition) is 8. The number of aliphatic hydroxyl groups excluding tert-OH is 1. The zero-order valence-electron chi connectivity index (χ0n) is 19.4. The topological polar surface area (TPSA) is 112 Å². The van der Waals surface area contributed by atoms with Crippen molar-refractivity contribution in [3.8, 4) is 17.4 Å². The van der Waals surface area contributed by atoms with Crippen LogP contribution in [0.4, 0.5) is 0 Å². The number of ether oxygens (including phenoxy) is 3. The maximum absolute atomic E-state index is 11.1. The van der Waals surface area contributed by atoms with E-state index in [1.54, 1.807) is 25.4 Å². The zero-order chi connectivity index (χ0) is 23.5. The third-order valence-electron chi connectivity index (χ3n) is 7.00. The second kappa shape index (κ2) is 10.1. The largest absolute Gasteiger partial charge is 0.486 e. The second-order valence-corrected chi connectivity index (χ2v) is 9.11. The predicted octanol–water partition coefficient (Wildman–Crippen LogP) is 3.12. The van der Waals surface area contributed by atoms with Gasteiger partial charge in [0, 0.05) is 36.5 Å². The zero-order valence-corrected chi connectivity index (χ0v) is 19.4. The molecule has 2 aromatic heterocycles. The lowest BCUT2D eigenvalue weighted by Gasteiger charge is -2.35. The summed E-state index contributed by atoms with van der Waals surface area (Å²) in [6, 6.07) is 11.6. The van der Waals surface area contributed by atoms with Crippen molar-refractivity contribution in [1.29, 1.82) is 0 Å². The molecule has 180 valence electrons. The van der Waals surface area contributed by atoms with Gasteiger partial charge >= 0.3 is 0 Å². The fraction of sp³-hybridized carbons (Fsp3) is 0.462. The third-order valence-corrected chi connectivity index (χ3v) is 7.00. The average Bonchev–Trinajstić information content (AvgIpc) is 2.90. The molecule has 5 rings (SSSR count). The van der Waals surface area contributed by atoms with Gasteiger partial charge in [0.1, 0.15) is 13.2 Å². The van der Waals surface area contributed by atoms with Gasteiger partial charge in [0.15, 0.2) is 11.5 Å². The highest BCUT2D eigenvalue weighted by Crippen LogP contribution is 2.34. The van der Waals surface area contributed by atoms with Gasteiger partial charge in [0.2, 0.25) is 5.88 Å². The van der Waals surface area contributed by atoms with Crippen LogP contribution in [0.5, 0.6) is 17.4 Å². The highest BCUT2D eigenvalue weighted by molar-refractivity contribution is 5.78. The van der Waals surface area contributed by atoms with Crippen molar-refractivity contribution in [2.75, 3.05) is 20.3 Å². The molecular formula is C26H32N4O4. The summed E-state index contributed by atoms with van der Waals surface area (Å²) in [5, 5.41) is 14.8. The second-order valence-electron chi connectivity index (χ2n) is 9.11. The molecule has 0 amide bonds. The van der Waals surface area contributed by atoms with Crippen molar-refractivity contribution >= 4 is 11.0 Å². The molecule has 1 aliphatic heterocycles. The highest BCUT2D eigenvalue weighted by atomic mass is 16.6. The Balaban J connectivity index is 1.17. The van der Waals surface area contributed by atoms with E-state index < -0.39 is 6.10 Å². The van der Waals surface area contributed by atoms with Crippen LogP contribution in [0, 0.1) is 5.92 Å². The van der Waals surface area contributed by atoms with Gasteiger partial charge in [-0.1, -0.05) is 6.07 Å². The number of nitrogens with one attached hydrogen (secondary N) is 1. The van der Waals surface area contributed by atoms with E-state index in [2.05, 4.69) is 27.4 Å². The number of methoxy groups -OCH3 is 1. The van der Waals surface area contributed by atoms with Gasteiger partial charge < -0.3 is 30.4 Å². The standard InChI is InChI=1S/C26H32N4O4/c1-32-23-9-7-20-25(30-23)19(10-11-28-20)26(31)24(27)17-3-5-18(6-4-17)29-15-16-2-8-21-22(14-16)34-13-12-33-21/h2,7-11,14,17-18,24,26,29,31H,3-6,12-13,15,27H2,1H3/t17-,18-,24-,26-/m0/s1. The normalized spacial score (nSPS) is 21.7. The Morgan fingerprint density at radius 1 is 1.09 bits per heavy atom. The summed E-state index contributed by atoms with van der Waals surface area (Å²) in [6.07, 6.45) is 4.88. The molecule has 0 unspecified atom stereocenters. The molecule has 1 aliphatic carbocycles. The maximum atomic E-state index is 11.1. The average molecular weight is 465 g/mol. The van der Waals surface area contributed by atoms with Crippen LogP contribution in [0.15, 0.2) is 42.6 Å². The SMILES string of the molecule is COc1ccc2nccc([C@H](O)[C@@H](N)[C@H]3CC[C@H](NCc4ccc5c(c4)OCCO5)CC3)c2n1. The van der Waals surface area contributed by atoms with E-state index in [1.165, 1.54) is 5.56 Å². The number of hydrogen-bond donors (Lipinski definition) is 3. The number of nitrogens with zero attached hydrogens (tertiary/aromatic N) is 2. The van der Waals surface area contributed by atoms with Gasteiger partial charge in [0.05, 0.1) is 24.2 Å². The van der Waals surface area contributed by atoms with Crippen molar-refractivity contribution in [1.82, 2.24) is 15.3 Å². The number of fused-ring (bicyclic) bond motifs is 2. The van der Waals surface area contributed by atoms with Gasteiger partial charge in [0.25, 0.3) is 0 Å². The van der Waals surface area contributed by atoms with E-state index in [1.807, 2.05) is 12.1 Å². The Labute approximate surface area is 199 Å². The monoisotopic (exact) mass is 464 g/mol. The smallest absolute Gasteiger partial charge is 0.213 e. The maximum Gasteiger partial charge on any atom is 0.213 e. The van der Waals surface area contributed by atoms with Crippen molar-refractivity contribution in [2.45, 2.75) is 50.4 Å². The molecule has 2 aliphatic rings. The number of rotatable bonds is 7. The van der Waals surface area contributed by atoms with E-state index in [9.17, 15) is 5.11 Å². The minimum Gasteiger partial charge on any atom is -0.486 e. The summed E-state index contributed by atoms with van der Waals surface area (Å²) >= 11 is 0. The number of nitrogens with two attached hydrogens (primary N) is 1. The molecule has 4 N–H and O–H groups in total. The molecule has 3 heterocycles. The van der Waals surface area contributed by atoms with E-state index in [0.717, 1.165) is 49.2 Å².